The molecule has 2 fully saturated rings. The lowest BCUT2D eigenvalue weighted by Gasteiger charge is -2.44. The van der Waals surface area contributed by atoms with Crippen molar-refractivity contribution in [2.24, 2.45) is 5.92 Å². The number of pyridine rings is 1. The minimum atomic E-state index is -0.585. The second kappa shape index (κ2) is 9.70. The number of likely N-dealkylation sites (tertiary alicyclic amines) is 1. The smallest absolute Gasteiger partial charge is 0.231 e. The average molecular weight is 511 g/mol. The van der Waals surface area contributed by atoms with Crippen molar-refractivity contribution < 1.29 is 13.9 Å². The van der Waals surface area contributed by atoms with Crippen LogP contribution in [0.2, 0.25) is 0 Å². The number of hydrogen-bond acceptors (Lipinski definition) is 4. The Morgan fingerprint density at radius 2 is 1.74 bits per heavy atom. The standard InChI is InChI=1S/C31H28F2N4O/c1-19-9-22(11-23(32)10-19)27-15-35-28-6-5-21(25-13-24(33)14-29(34-2)31(25)38)12-26(28)30(27)37-17-20(18-37)16-36-7-3-4-8-36/h5-6,9-15,20,38H,3-4,7-8,16-18H2,1H3. The molecule has 7 heteroatoms. The molecule has 0 saturated carbocycles. The van der Waals surface area contributed by atoms with E-state index in [4.69, 9.17) is 6.57 Å². The molecule has 1 N–H and O–H groups in total. The van der Waals surface area contributed by atoms with E-state index in [0.717, 1.165) is 72.1 Å². The van der Waals surface area contributed by atoms with Gasteiger partial charge >= 0.3 is 0 Å². The van der Waals surface area contributed by atoms with Crippen molar-refractivity contribution in [1.29, 1.82) is 0 Å². The second-order valence-corrected chi connectivity index (χ2v) is 10.5. The third-order valence-corrected chi connectivity index (χ3v) is 7.67. The van der Waals surface area contributed by atoms with E-state index in [0.29, 0.717) is 11.5 Å². The van der Waals surface area contributed by atoms with E-state index in [-0.39, 0.29) is 22.8 Å². The molecule has 0 amide bonds. The van der Waals surface area contributed by atoms with Crippen LogP contribution in [0, 0.1) is 31.0 Å². The van der Waals surface area contributed by atoms with Gasteiger partial charge in [-0.2, -0.15) is 0 Å². The molecule has 0 radical (unpaired) electrons. The van der Waals surface area contributed by atoms with Crippen LogP contribution in [0.1, 0.15) is 18.4 Å². The summed E-state index contributed by atoms with van der Waals surface area (Å²) in [7, 11) is 0. The Balaban J connectivity index is 1.48. The van der Waals surface area contributed by atoms with E-state index in [1.807, 2.05) is 25.1 Å². The summed E-state index contributed by atoms with van der Waals surface area (Å²) in [5.74, 6) is -0.581. The Hall–Kier alpha value is -4.02. The van der Waals surface area contributed by atoms with Gasteiger partial charge in [0.1, 0.15) is 17.4 Å². The normalized spacial score (nSPS) is 16.1. The largest absolute Gasteiger partial charge is 0.518 e. The van der Waals surface area contributed by atoms with Gasteiger partial charge in [-0.25, -0.2) is 13.6 Å². The van der Waals surface area contributed by atoms with Crippen molar-refractivity contribution in [3.63, 3.8) is 0 Å². The lowest BCUT2D eigenvalue weighted by molar-refractivity contribution is 0.248. The fourth-order valence-corrected chi connectivity index (χ4v) is 5.88. The molecule has 0 bridgehead atoms. The van der Waals surface area contributed by atoms with Crippen molar-refractivity contribution in [3.05, 3.63) is 83.3 Å². The number of phenolic OH excluding ortho intramolecular Hbond substituents is 1. The number of aryl methyl sites for hydroxylation is 1. The van der Waals surface area contributed by atoms with Crippen LogP contribution in [0.3, 0.4) is 0 Å². The first-order valence-electron chi connectivity index (χ1n) is 13.0. The van der Waals surface area contributed by atoms with Crippen molar-refractivity contribution >= 4 is 22.3 Å². The summed E-state index contributed by atoms with van der Waals surface area (Å²) in [5.41, 5.74) is 4.84. The summed E-state index contributed by atoms with van der Waals surface area (Å²) < 4.78 is 28.8. The second-order valence-electron chi connectivity index (χ2n) is 10.5. The minimum absolute atomic E-state index is 0.130. The van der Waals surface area contributed by atoms with Crippen LogP contribution in [0.4, 0.5) is 20.2 Å². The molecule has 38 heavy (non-hydrogen) atoms. The molecule has 2 aliphatic heterocycles. The van der Waals surface area contributed by atoms with Gasteiger partial charge in [0, 0.05) is 48.3 Å². The lowest BCUT2D eigenvalue weighted by atomic mass is 9.92. The fourth-order valence-electron chi connectivity index (χ4n) is 5.88. The summed E-state index contributed by atoms with van der Waals surface area (Å²) >= 11 is 0. The maximum absolute atomic E-state index is 14.5. The van der Waals surface area contributed by atoms with Crippen LogP contribution >= 0.6 is 0 Å². The van der Waals surface area contributed by atoms with E-state index in [1.165, 1.54) is 31.0 Å². The summed E-state index contributed by atoms with van der Waals surface area (Å²) in [6, 6.07) is 12.8. The minimum Gasteiger partial charge on any atom is -0.518 e. The summed E-state index contributed by atoms with van der Waals surface area (Å²) in [5, 5.41) is 11.5. The molecule has 3 heterocycles. The highest BCUT2D eigenvalue weighted by molar-refractivity contribution is 6.02. The van der Waals surface area contributed by atoms with Gasteiger partial charge in [0.2, 0.25) is 5.69 Å². The molecule has 5 nitrogen and oxygen atoms in total. The van der Waals surface area contributed by atoms with Gasteiger partial charge in [-0.05, 0) is 85.9 Å². The van der Waals surface area contributed by atoms with Gasteiger partial charge in [0.25, 0.3) is 0 Å². The number of aromatic nitrogens is 1. The van der Waals surface area contributed by atoms with Crippen molar-refractivity contribution in [1.82, 2.24) is 9.88 Å². The topological polar surface area (TPSA) is 44.0 Å². The van der Waals surface area contributed by atoms with Crippen LogP contribution in [0.25, 0.3) is 38.0 Å². The first-order chi connectivity index (χ1) is 18.4. The van der Waals surface area contributed by atoms with Crippen molar-refractivity contribution in [3.8, 4) is 28.0 Å². The van der Waals surface area contributed by atoms with E-state index < -0.39 is 5.82 Å². The summed E-state index contributed by atoms with van der Waals surface area (Å²) in [6.07, 6.45) is 4.33. The molecule has 2 saturated heterocycles. The van der Waals surface area contributed by atoms with Gasteiger partial charge in [-0.3, -0.25) is 4.98 Å². The number of phenols is 1. The maximum Gasteiger partial charge on any atom is 0.231 e. The molecule has 192 valence electrons. The van der Waals surface area contributed by atoms with Gasteiger partial charge in [-0.1, -0.05) is 12.1 Å². The Morgan fingerprint density at radius 1 is 0.974 bits per heavy atom. The highest BCUT2D eigenvalue weighted by atomic mass is 19.1. The number of rotatable bonds is 5. The summed E-state index contributed by atoms with van der Waals surface area (Å²) in [6.45, 7) is 14.3. The van der Waals surface area contributed by atoms with Gasteiger partial charge < -0.3 is 14.9 Å². The highest BCUT2D eigenvalue weighted by Gasteiger charge is 2.32. The van der Waals surface area contributed by atoms with Crippen molar-refractivity contribution in [2.45, 2.75) is 19.8 Å². The van der Waals surface area contributed by atoms with Crippen LogP contribution in [0.5, 0.6) is 5.75 Å². The van der Waals surface area contributed by atoms with Crippen LogP contribution in [-0.4, -0.2) is 47.7 Å². The van der Waals surface area contributed by atoms with Crippen LogP contribution in [0.15, 0.2) is 54.7 Å². The molecule has 0 aliphatic carbocycles. The predicted octanol–water partition coefficient (Wildman–Crippen LogP) is 6.94. The number of anilines is 1. The average Bonchev–Trinajstić information content (AvgIpc) is 3.39. The molecule has 4 aromatic rings. The van der Waals surface area contributed by atoms with E-state index >= 15 is 0 Å². The Morgan fingerprint density at radius 3 is 2.47 bits per heavy atom. The van der Waals surface area contributed by atoms with Gasteiger partial charge in [-0.15, -0.1) is 0 Å². The zero-order chi connectivity index (χ0) is 26.4. The Kier molecular flexibility index (Phi) is 6.21. The molecule has 1 aromatic heterocycles. The molecule has 0 unspecified atom stereocenters. The van der Waals surface area contributed by atoms with E-state index in [9.17, 15) is 13.9 Å². The Labute approximate surface area is 220 Å². The third-order valence-electron chi connectivity index (χ3n) is 7.67. The first-order valence-corrected chi connectivity index (χ1v) is 13.0. The SMILES string of the molecule is [C-]#[N+]c1cc(F)cc(-c2ccc3ncc(-c4cc(C)cc(F)c4)c(N4CC(CN5CCCC5)C4)c3c2)c1O. The van der Waals surface area contributed by atoms with E-state index in [1.54, 1.807) is 12.3 Å². The molecule has 6 rings (SSSR count). The number of aromatic hydroxyl groups is 1. The molecule has 0 atom stereocenters. The predicted molar refractivity (Wildman–Crippen MR) is 147 cm³/mol. The number of halogens is 2. The Bertz CT molecular complexity index is 1560. The number of nitrogens with zero attached hydrogens (tertiary/aromatic N) is 4. The maximum atomic E-state index is 14.5. The number of fused-ring (bicyclic) bond motifs is 1. The molecular formula is C31H28F2N4O. The molecule has 0 spiro atoms. The van der Waals surface area contributed by atoms with Crippen molar-refractivity contribution in [2.75, 3.05) is 37.6 Å². The molecular weight excluding hydrogens is 482 g/mol. The van der Waals surface area contributed by atoms with Crippen LogP contribution in [-0.2, 0) is 0 Å². The zero-order valence-corrected chi connectivity index (χ0v) is 21.2. The molecule has 3 aromatic carbocycles. The number of benzene rings is 3. The first kappa shape index (κ1) is 24.3. The summed E-state index contributed by atoms with van der Waals surface area (Å²) in [4.78, 5) is 12.8. The quantitative estimate of drug-likeness (QED) is 0.295. The fraction of sp³-hybridized carbons (Fsp3) is 0.290. The monoisotopic (exact) mass is 510 g/mol. The van der Waals surface area contributed by atoms with E-state index in [2.05, 4.69) is 19.6 Å². The van der Waals surface area contributed by atoms with Crippen LogP contribution < -0.4 is 4.90 Å². The third kappa shape index (κ3) is 4.46. The highest BCUT2D eigenvalue weighted by Crippen LogP contribution is 2.44. The zero-order valence-electron chi connectivity index (χ0n) is 21.2. The van der Waals surface area contributed by atoms with Gasteiger partial charge in [0.15, 0.2) is 0 Å². The van der Waals surface area contributed by atoms with Gasteiger partial charge in [0.05, 0.1) is 17.8 Å². The lowest BCUT2D eigenvalue weighted by Crippen LogP contribution is -2.51. The number of hydrogen-bond donors (Lipinski definition) is 1. The molecule has 2 aliphatic rings.